The SMILES string of the molecule is CCN1C(N)=NCC1c1ccccc1Br. The Labute approximate surface area is 98.1 Å². The highest BCUT2D eigenvalue weighted by Gasteiger charge is 2.26. The molecule has 3 nitrogen and oxygen atoms in total. The molecule has 80 valence electrons. The third-order valence-corrected chi connectivity index (χ3v) is 3.42. The van der Waals surface area contributed by atoms with Crippen LogP contribution in [0.1, 0.15) is 18.5 Å². The molecule has 1 aromatic rings. The van der Waals surface area contributed by atoms with Gasteiger partial charge < -0.3 is 10.6 Å². The first-order chi connectivity index (χ1) is 7.24. The molecule has 0 saturated heterocycles. The number of halogens is 1. The first kappa shape index (κ1) is 10.5. The van der Waals surface area contributed by atoms with Gasteiger partial charge in [-0.25, -0.2) is 0 Å². The second-order valence-corrected chi connectivity index (χ2v) is 4.38. The molecule has 1 atom stereocenters. The number of benzene rings is 1. The van der Waals surface area contributed by atoms with E-state index in [1.54, 1.807) is 0 Å². The highest BCUT2D eigenvalue weighted by molar-refractivity contribution is 9.10. The number of rotatable bonds is 2. The van der Waals surface area contributed by atoms with Crippen LogP contribution in [0.15, 0.2) is 33.7 Å². The molecule has 0 fully saturated rings. The van der Waals surface area contributed by atoms with Crippen LogP contribution in [0, 0.1) is 0 Å². The zero-order valence-electron chi connectivity index (χ0n) is 8.65. The quantitative estimate of drug-likeness (QED) is 0.892. The van der Waals surface area contributed by atoms with Gasteiger partial charge in [0.15, 0.2) is 5.96 Å². The largest absolute Gasteiger partial charge is 0.370 e. The van der Waals surface area contributed by atoms with Gasteiger partial charge in [0.25, 0.3) is 0 Å². The molecule has 0 saturated carbocycles. The van der Waals surface area contributed by atoms with E-state index in [1.807, 2.05) is 12.1 Å². The summed E-state index contributed by atoms with van der Waals surface area (Å²) in [5.41, 5.74) is 7.08. The van der Waals surface area contributed by atoms with Gasteiger partial charge in [0.2, 0.25) is 0 Å². The van der Waals surface area contributed by atoms with Crippen molar-refractivity contribution < 1.29 is 0 Å². The van der Waals surface area contributed by atoms with E-state index < -0.39 is 0 Å². The molecule has 0 aliphatic carbocycles. The van der Waals surface area contributed by atoms with Crippen molar-refractivity contribution in [3.05, 3.63) is 34.3 Å². The van der Waals surface area contributed by atoms with Crippen molar-refractivity contribution >= 4 is 21.9 Å². The minimum absolute atomic E-state index is 0.283. The molecule has 0 spiro atoms. The molecular weight excluding hydrogens is 254 g/mol. The molecule has 15 heavy (non-hydrogen) atoms. The second kappa shape index (κ2) is 4.23. The summed E-state index contributed by atoms with van der Waals surface area (Å²) < 4.78 is 1.12. The fraction of sp³-hybridized carbons (Fsp3) is 0.364. The van der Waals surface area contributed by atoms with Crippen molar-refractivity contribution in [2.45, 2.75) is 13.0 Å². The van der Waals surface area contributed by atoms with Crippen LogP contribution in [0.3, 0.4) is 0 Å². The Bertz CT molecular complexity index is 389. The number of nitrogens with two attached hydrogens (primary N) is 1. The van der Waals surface area contributed by atoms with Gasteiger partial charge in [0.05, 0.1) is 12.6 Å². The maximum atomic E-state index is 5.83. The van der Waals surface area contributed by atoms with Crippen LogP contribution in [-0.2, 0) is 0 Å². The minimum atomic E-state index is 0.283. The molecular formula is C11H14BrN3. The normalized spacial score (nSPS) is 20.5. The summed E-state index contributed by atoms with van der Waals surface area (Å²) in [4.78, 5) is 6.41. The Balaban J connectivity index is 2.30. The maximum absolute atomic E-state index is 5.83. The van der Waals surface area contributed by atoms with Crippen LogP contribution in [-0.4, -0.2) is 23.9 Å². The smallest absolute Gasteiger partial charge is 0.191 e. The van der Waals surface area contributed by atoms with Gasteiger partial charge in [-0.3, -0.25) is 4.99 Å². The highest BCUT2D eigenvalue weighted by Crippen LogP contribution is 2.30. The Hall–Kier alpha value is -1.03. The van der Waals surface area contributed by atoms with Gasteiger partial charge in [-0.15, -0.1) is 0 Å². The number of likely N-dealkylation sites (N-methyl/N-ethyl adjacent to an activating group) is 1. The first-order valence-electron chi connectivity index (χ1n) is 5.05. The van der Waals surface area contributed by atoms with E-state index >= 15 is 0 Å². The van der Waals surface area contributed by atoms with Crippen molar-refractivity contribution in [3.8, 4) is 0 Å². The molecule has 0 radical (unpaired) electrons. The van der Waals surface area contributed by atoms with Crippen LogP contribution >= 0.6 is 15.9 Å². The van der Waals surface area contributed by atoms with E-state index in [2.05, 4.69) is 44.9 Å². The van der Waals surface area contributed by atoms with Gasteiger partial charge in [-0.1, -0.05) is 34.1 Å². The highest BCUT2D eigenvalue weighted by atomic mass is 79.9. The zero-order chi connectivity index (χ0) is 10.8. The molecule has 1 aliphatic heterocycles. The number of guanidine groups is 1. The number of hydrogen-bond acceptors (Lipinski definition) is 3. The van der Waals surface area contributed by atoms with Crippen molar-refractivity contribution in [3.63, 3.8) is 0 Å². The summed E-state index contributed by atoms with van der Waals surface area (Å²) in [6.07, 6.45) is 0. The molecule has 1 aromatic carbocycles. The van der Waals surface area contributed by atoms with Crippen molar-refractivity contribution in [1.82, 2.24) is 4.90 Å². The van der Waals surface area contributed by atoms with Gasteiger partial charge in [-0.05, 0) is 18.6 Å². The number of aliphatic imine (C=N–C) groups is 1. The summed E-state index contributed by atoms with van der Waals surface area (Å²) in [6.45, 7) is 3.74. The number of nitrogens with zero attached hydrogens (tertiary/aromatic N) is 2. The molecule has 1 heterocycles. The molecule has 2 rings (SSSR count). The van der Waals surface area contributed by atoms with Crippen LogP contribution in [0.2, 0.25) is 0 Å². The lowest BCUT2D eigenvalue weighted by Crippen LogP contribution is -2.35. The average Bonchev–Trinajstić information content (AvgIpc) is 2.60. The van der Waals surface area contributed by atoms with Crippen LogP contribution in [0.5, 0.6) is 0 Å². The second-order valence-electron chi connectivity index (χ2n) is 3.52. The van der Waals surface area contributed by atoms with Gasteiger partial charge >= 0.3 is 0 Å². The monoisotopic (exact) mass is 267 g/mol. The molecule has 1 unspecified atom stereocenters. The summed E-state index contributed by atoms with van der Waals surface area (Å²) in [5.74, 6) is 0.651. The van der Waals surface area contributed by atoms with Gasteiger partial charge in [0.1, 0.15) is 0 Å². The molecule has 1 aliphatic rings. The van der Waals surface area contributed by atoms with E-state index in [0.29, 0.717) is 5.96 Å². The Morgan fingerprint density at radius 3 is 2.93 bits per heavy atom. The average molecular weight is 268 g/mol. The fourth-order valence-electron chi connectivity index (χ4n) is 1.92. The summed E-state index contributed by atoms with van der Waals surface area (Å²) >= 11 is 3.56. The standard InChI is InChI=1S/C11H14BrN3/c1-2-15-10(7-14-11(15)13)8-5-3-4-6-9(8)12/h3-6,10H,2,7H2,1H3,(H2,13,14). The van der Waals surface area contributed by atoms with E-state index in [-0.39, 0.29) is 6.04 Å². The molecule has 2 N–H and O–H groups in total. The molecule has 0 bridgehead atoms. The summed E-state index contributed by atoms with van der Waals surface area (Å²) in [6, 6.07) is 8.51. The minimum Gasteiger partial charge on any atom is -0.370 e. The van der Waals surface area contributed by atoms with Gasteiger partial charge in [0, 0.05) is 11.0 Å². The van der Waals surface area contributed by atoms with Gasteiger partial charge in [-0.2, -0.15) is 0 Å². The molecule has 4 heteroatoms. The first-order valence-corrected chi connectivity index (χ1v) is 5.84. The van der Waals surface area contributed by atoms with Crippen LogP contribution < -0.4 is 5.73 Å². The fourth-order valence-corrected chi connectivity index (χ4v) is 2.47. The predicted molar refractivity (Wildman–Crippen MR) is 65.8 cm³/mol. The van der Waals surface area contributed by atoms with Crippen molar-refractivity contribution in [1.29, 1.82) is 0 Å². The summed E-state index contributed by atoms with van der Waals surface area (Å²) in [5, 5.41) is 0. The van der Waals surface area contributed by atoms with Crippen LogP contribution in [0.4, 0.5) is 0 Å². The third kappa shape index (κ3) is 1.86. The maximum Gasteiger partial charge on any atom is 0.191 e. The van der Waals surface area contributed by atoms with E-state index in [1.165, 1.54) is 5.56 Å². The molecule has 0 amide bonds. The Morgan fingerprint density at radius 1 is 1.53 bits per heavy atom. The van der Waals surface area contributed by atoms with E-state index in [9.17, 15) is 0 Å². The Kier molecular flexibility index (Phi) is 2.95. The predicted octanol–water partition coefficient (Wildman–Crippen LogP) is 2.14. The van der Waals surface area contributed by atoms with Crippen molar-refractivity contribution in [2.24, 2.45) is 10.7 Å². The lowest BCUT2D eigenvalue weighted by atomic mass is 10.1. The molecule has 0 aromatic heterocycles. The van der Waals surface area contributed by atoms with E-state index in [4.69, 9.17) is 5.73 Å². The van der Waals surface area contributed by atoms with Crippen molar-refractivity contribution in [2.75, 3.05) is 13.1 Å². The summed E-state index contributed by atoms with van der Waals surface area (Å²) in [7, 11) is 0. The van der Waals surface area contributed by atoms with E-state index in [0.717, 1.165) is 17.6 Å². The Morgan fingerprint density at radius 2 is 2.27 bits per heavy atom. The zero-order valence-corrected chi connectivity index (χ0v) is 10.2. The number of hydrogen-bond donors (Lipinski definition) is 1. The lowest BCUT2D eigenvalue weighted by Gasteiger charge is -2.25. The third-order valence-electron chi connectivity index (χ3n) is 2.70. The van der Waals surface area contributed by atoms with Crippen LogP contribution in [0.25, 0.3) is 0 Å². The lowest BCUT2D eigenvalue weighted by molar-refractivity contribution is 0.363. The topological polar surface area (TPSA) is 41.6 Å².